The Bertz CT molecular complexity index is 1800. The van der Waals surface area contributed by atoms with Gasteiger partial charge < -0.3 is 46.7 Å². The first-order valence-corrected chi connectivity index (χ1v) is 15.1. The fourth-order valence-electron chi connectivity index (χ4n) is 4.13. The van der Waals surface area contributed by atoms with E-state index in [4.69, 9.17) is 30.5 Å². The molecular weight excluding hydrogens is 662 g/mol. The predicted molar refractivity (Wildman–Crippen MR) is 169 cm³/mol. The van der Waals surface area contributed by atoms with E-state index in [9.17, 15) is 29.1 Å². The van der Waals surface area contributed by atoms with E-state index < -0.39 is 41.3 Å². The number of thiazole rings is 1. The van der Waals surface area contributed by atoms with Crippen molar-refractivity contribution >= 4 is 74.8 Å². The van der Waals surface area contributed by atoms with Gasteiger partial charge in [0.1, 0.15) is 42.1 Å². The fourth-order valence-corrected chi connectivity index (χ4v) is 6.01. The number of benzene rings is 1. The summed E-state index contributed by atoms with van der Waals surface area (Å²) in [6, 6.07) is 8.16. The molecule has 0 radical (unpaired) electrons. The molecule has 0 unspecified atom stereocenters. The lowest BCUT2D eigenvalue weighted by molar-refractivity contribution is -0.150. The number of para-hydroxylation sites is 1. The number of nitrogens with two attached hydrogens (primary N) is 3. The molecular formula is C27H29N7O11S2. The number of rotatable bonds is 8. The number of carboxylic acid groups (broad SMARTS) is 2. The number of carbonyl (C=O) groups excluding carboxylic acids is 3. The number of esters is 1. The first-order valence-electron chi connectivity index (χ1n) is 13.2. The summed E-state index contributed by atoms with van der Waals surface area (Å²) in [5.74, 6) is -2.98. The van der Waals surface area contributed by atoms with Crippen molar-refractivity contribution < 1.29 is 48.2 Å². The maximum Gasteiger partial charge on any atom is 0.402 e. The number of hydrogen-bond acceptors (Lipinski definition) is 15. The van der Waals surface area contributed by atoms with Crippen LogP contribution in [-0.2, 0) is 35.3 Å². The van der Waals surface area contributed by atoms with E-state index in [2.05, 4.69) is 26.0 Å². The Morgan fingerprint density at radius 1 is 1.21 bits per heavy atom. The SMILES string of the molecule is CON=C(C(=O)N[C@@H]1C(=O)N2C(C(=O)O)=C(COC(C)=O)CS[C@H]12)c1csc(N)n1.NC(=O)O.NCc1cc2ccccc2oc1=O. The molecule has 2 aliphatic heterocycles. The highest BCUT2D eigenvalue weighted by Gasteiger charge is 2.54. The van der Waals surface area contributed by atoms with Crippen LogP contribution in [0.25, 0.3) is 11.0 Å². The molecule has 5 rings (SSSR count). The zero-order chi connectivity index (χ0) is 34.8. The van der Waals surface area contributed by atoms with Gasteiger partial charge in [-0.25, -0.2) is 19.4 Å². The van der Waals surface area contributed by atoms with Crippen LogP contribution in [0, 0.1) is 0 Å². The highest BCUT2D eigenvalue weighted by Crippen LogP contribution is 2.40. The molecule has 1 aromatic carbocycles. The molecule has 20 heteroatoms. The number of β-lactam (4-membered cyclic amide) rings is 1. The number of nitrogens with zero attached hydrogens (tertiary/aromatic N) is 3. The van der Waals surface area contributed by atoms with E-state index in [1.54, 1.807) is 12.1 Å². The minimum Gasteiger partial charge on any atom is -0.477 e. The highest BCUT2D eigenvalue weighted by molar-refractivity contribution is 8.00. The molecule has 1 saturated heterocycles. The molecule has 1 fully saturated rings. The van der Waals surface area contributed by atoms with Crippen LogP contribution in [0.3, 0.4) is 0 Å². The summed E-state index contributed by atoms with van der Waals surface area (Å²) in [5, 5.41) is 25.0. The largest absolute Gasteiger partial charge is 0.477 e. The van der Waals surface area contributed by atoms with Crippen molar-refractivity contribution in [1.82, 2.24) is 15.2 Å². The molecule has 47 heavy (non-hydrogen) atoms. The molecule has 0 bridgehead atoms. The van der Waals surface area contributed by atoms with Gasteiger partial charge in [-0.3, -0.25) is 19.3 Å². The highest BCUT2D eigenvalue weighted by atomic mass is 32.2. The lowest BCUT2D eigenvalue weighted by Crippen LogP contribution is -2.71. The molecule has 2 atom stereocenters. The van der Waals surface area contributed by atoms with Crippen molar-refractivity contribution in [3.8, 4) is 0 Å². The average molecular weight is 692 g/mol. The first-order chi connectivity index (χ1) is 22.3. The number of nitrogens with one attached hydrogen (secondary N) is 1. The third kappa shape index (κ3) is 9.05. The fraction of sp³-hybridized carbons (Fsp3) is 0.259. The molecule has 0 saturated carbocycles. The number of oxime groups is 1. The van der Waals surface area contributed by atoms with Crippen molar-refractivity contribution in [2.24, 2.45) is 16.6 Å². The van der Waals surface area contributed by atoms with E-state index in [0.717, 1.165) is 21.6 Å². The van der Waals surface area contributed by atoms with E-state index in [0.29, 0.717) is 16.7 Å². The Hall–Kier alpha value is -5.47. The van der Waals surface area contributed by atoms with E-state index in [1.807, 2.05) is 18.2 Å². The van der Waals surface area contributed by atoms with Gasteiger partial charge in [-0.15, -0.1) is 23.1 Å². The number of carbonyl (C=O) groups is 5. The summed E-state index contributed by atoms with van der Waals surface area (Å²) in [6.45, 7) is 1.19. The van der Waals surface area contributed by atoms with Gasteiger partial charge in [0.2, 0.25) is 0 Å². The molecule has 18 nitrogen and oxygen atoms in total. The van der Waals surface area contributed by atoms with Crippen LogP contribution in [0.1, 0.15) is 18.2 Å². The number of aromatic nitrogens is 1. The van der Waals surface area contributed by atoms with Crippen LogP contribution >= 0.6 is 23.1 Å². The van der Waals surface area contributed by atoms with Crippen LogP contribution in [0.4, 0.5) is 9.93 Å². The van der Waals surface area contributed by atoms with Gasteiger partial charge in [-0.2, -0.15) is 0 Å². The molecule has 9 N–H and O–H groups in total. The van der Waals surface area contributed by atoms with Crippen molar-refractivity contribution in [3.63, 3.8) is 0 Å². The number of ether oxygens (including phenoxy) is 1. The van der Waals surface area contributed by atoms with E-state index >= 15 is 0 Å². The quantitative estimate of drug-likeness (QED) is 0.0607. The summed E-state index contributed by atoms with van der Waals surface area (Å²) in [4.78, 5) is 77.8. The molecule has 0 spiro atoms. The van der Waals surface area contributed by atoms with Gasteiger partial charge in [0.15, 0.2) is 10.8 Å². The van der Waals surface area contributed by atoms with Gasteiger partial charge >= 0.3 is 23.7 Å². The first kappa shape index (κ1) is 36.0. The number of amides is 3. The number of anilines is 1. The molecule has 250 valence electrons. The maximum atomic E-state index is 12.7. The number of hydrogen-bond donors (Lipinski definition) is 6. The van der Waals surface area contributed by atoms with Crippen molar-refractivity contribution in [2.75, 3.05) is 25.2 Å². The smallest absolute Gasteiger partial charge is 0.402 e. The number of fused-ring (bicyclic) bond motifs is 2. The maximum absolute atomic E-state index is 12.7. The van der Waals surface area contributed by atoms with Crippen LogP contribution in [0.15, 0.2) is 61.3 Å². The lowest BCUT2D eigenvalue weighted by atomic mass is 10.0. The van der Waals surface area contributed by atoms with Crippen LogP contribution in [0.2, 0.25) is 0 Å². The predicted octanol–water partition coefficient (Wildman–Crippen LogP) is 0.252. The Balaban J connectivity index is 0.000000290. The second-order valence-electron chi connectivity index (χ2n) is 9.23. The van der Waals surface area contributed by atoms with Crippen LogP contribution in [-0.4, -0.2) is 86.5 Å². The van der Waals surface area contributed by atoms with Gasteiger partial charge in [0.25, 0.3) is 11.8 Å². The van der Waals surface area contributed by atoms with Crippen molar-refractivity contribution in [1.29, 1.82) is 0 Å². The monoisotopic (exact) mass is 691 g/mol. The molecule has 4 heterocycles. The Morgan fingerprint density at radius 2 is 1.89 bits per heavy atom. The lowest BCUT2D eigenvalue weighted by Gasteiger charge is -2.49. The van der Waals surface area contributed by atoms with Gasteiger partial charge in [-0.05, 0) is 12.1 Å². The van der Waals surface area contributed by atoms with Crippen LogP contribution < -0.4 is 28.1 Å². The number of nitrogen functional groups attached to an aromatic ring is 1. The standard InChI is InChI=1S/C16H17N5O7S2.C10H9NO2.CH3NO2/c1-6(22)28-3-7-4-29-14-10(13(24)21(14)11(7)15(25)26)19-12(23)9(20-27-2)8-5-30-16(17)18-8;11-6-8-5-7-3-1-2-4-9(7)13-10(8)12;2-1(3)4/h5,10,14H,3-4H2,1-2H3,(H2,17,18)(H,19,23)(H,25,26);1-5H,6,11H2;2H2,(H,3,4)/t10-,14-;;/m1../s1. The topological polar surface area (TPSA) is 293 Å². The third-order valence-electron chi connectivity index (χ3n) is 6.08. The van der Waals surface area contributed by atoms with Crippen molar-refractivity contribution in [3.05, 3.63) is 68.7 Å². The summed E-state index contributed by atoms with van der Waals surface area (Å²) >= 11 is 2.35. The summed E-state index contributed by atoms with van der Waals surface area (Å²) in [7, 11) is 1.25. The average Bonchev–Trinajstić information content (AvgIpc) is 3.45. The minimum atomic E-state index is -1.33. The molecule has 3 amide bonds. The van der Waals surface area contributed by atoms with Crippen molar-refractivity contribution in [2.45, 2.75) is 24.9 Å². The molecule has 0 aliphatic carbocycles. The Labute approximate surface area is 273 Å². The number of aliphatic carboxylic acids is 1. The zero-order valence-corrected chi connectivity index (χ0v) is 26.3. The van der Waals surface area contributed by atoms with Gasteiger partial charge in [-0.1, -0.05) is 23.4 Å². The second-order valence-corrected chi connectivity index (χ2v) is 11.2. The molecule has 3 aromatic rings. The Morgan fingerprint density at radius 3 is 2.47 bits per heavy atom. The molecule has 2 aromatic heterocycles. The normalized spacial score (nSPS) is 16.8. The third-order valence-corrected chi connectivity index (χ3v) is 8.10. The van der Waals surface area contributed by atoms with Gasteiger partial charge in [0.05, 0.1) is 5.56 Å². The number of carboxylic acids is 1. The summed E-state index contributed by atoms with van der Waals surface area (Å²) in [5.41, 5.74) is 15.8. The van der Waals surface area contributed by atoms with E-state index in [1.165, 1.54) is 31.2 Å². The number of thioether (sulfide) groups is 1. The van der Waals surface area contributed by atoms with E-state index in [-0.39, 0.29) is 46.8 Å². The molecule has 2 aliphatic rings. The summed E-state index contributed by atoms with van der Waals surface area (Å²) < 4.78 is 9.93. The minimum absolute atomic E-state index is 0.165. The van der Waals surface area contributed by atoms with Gasteiger partial charge in [0, 0.05) is 35.6 Å². The summed E-state index contributed by atoms with van der Waals surface area (Å²) in [6.07, 6.45) is -1.33. The Kier molecular flexibility index (Phi) is 12.4. The van der Waals surface area contributed by atoms with Crippen LogP contribution in [0.5, 0.6) is 0 Å². The second kappa shape index (κ2) is 16.2. The zero-order valence-electron chi connectivity index (χ0n) is 24.7. The number of primary amides is 1.